The van der Waals surface area contributed by atoms with E-state index in [0.717, 1.165) is 19.0 Å². The largest absolute Gasteiger partial charge is 0.354 e. The van der Waals surface area contributed by atoms with Crippen molar-refractivity contribution in [2.24, 2.45) is 4.99 Å². The maximum Gasteiger partial charge on any atom is 0.191 e. The van der Waals surface area contributed by atoms with Crippen LogP contribution in [0.25, 0.3) is 0 Å². The molecule has 162 valence electrons. The second kappa shape index (κ2) is 12.2. The summed E-state index contributed by atoms with van der Waals surface area (Å²) >= 11 is 0. The molecule has 2 aliphatic heterocycles. The Labute approximate surface area is 178 Å². The van der Waals surface area contributed by atoms with Crippen LogP contribution < -0.4 is 10.6 Å². The van der Waals surface area contributed by atoms with E-state index in [1.54, 1.807) is 0 Å². The van der Waals surface area contributed by atoms with Crippen molar-refractivity contribution in [2.45, 2.75) is 71.0 Å². The van der Waals surface area contributed by atoms with Crippen LogP contribution in [0, 0.1) is 0 Å². The van der Waals surface area contributed by atoms with Crippen molar-refractivity contribution < 1.29 is 0 Å². The minimum absolute atomic E-state index is 0.529. The molecule has 2 fully saturated rings. The zero-order valence-electron chi connectivity index (χ0n) is 18.6. The van der Waals surface area contributed by atoms with Crippen LogP contribution in [0.3, 0.4) is 0 Å². The Bertz CT molecular complexity index is 613. The molecule has 3 rings (SSSR count). The first-order chi connectivity index (χ1) is 14.3. The molecule has 2 saturated heterocycles. The second-order valence-electron chi connectivity index (χ2n) is 8.65. The summed E-state index contributed by atoms with van der Waals surface area (Å²) in [5, 5.41) is 7.22. The summed E-state index contributed by atoms with van der Waals surface area (Å²) in [6.07, 6.45) is 9.11. The quantitative estimate of drug-likeness (QED) is 0.543. The molecule has 0 bridgehead atoms. The van der Waals surface area contributed by atoms with Crippen molar-refractivity contribution in [1.29, 1.82) is 0 Å². The number of piperidine rings is 1. The van der Waals surface area contributed by atoms with Gasteiger partial charge in [0.05, 0.1) is 0 Å². The molecule has 0 aromatic heterocycles. The van der Waals surface area contributed by atoms with Gasteiger partial charge in [0.15, 0.2) is 5.96 Å². The molecule has 0 aliphatic carbocycles. The monoisotopic (exact) mass is 399 g/mol. The zero-order chi connectivity index (χ0) is 20.3. The van der Waals surface area contributed by atoms with Gasteiger partial charge in [-0.15, -0.1) is 0 Å². The summed E-state index contributed by atoms with van der Waals surface area (Å²) in [6.45, 7) is 10.3. The van der Waals surface area contributed by atoms with Crippen molar-refractivity contribution in [1.82, 2.24) is 20.4 Å². The third-order valence-electron chi connectivity index (χ3n) is 6.35. The van der Waals surface area contributed by atoms with Gasteiger partial charge in [-0.2, -0.15) is 0 Å². The number of nitrogens with zero attached hydrogens (tertiary/aromatic N) is 3. The van der Waals surface area contributed by atoms with Crippen LogP contribution in [-0.2, 0) is 13.1 Å². The number of benzene rings is 1. The van der Waals surface area contributed by atoms with E-state index in [9.17, 15) is 0 Å². The predicted octanol–water partition coefficient (Wildman–Crippen LogP) is 3.60. The maximum atomic E-state index is 4.48. The SMILES string of the molecule is CCCN1CCC(NC(=NC)NCc2ccccc2CN2CCCCCC2)CC1. The zero-order valence-corrected chi connectivity index (χ0v) is 18.6. The van der Waals surface area contributed by atoms with Gasteiger partial charge in [0, 0.05) is 39.3 Å². The Hall–Kier alpha value is -1.59. The fourth-order valence-electron chi connectivity index (χ4n) is 4.60. The summed E-state index contributed by atoms with van der Waals surface area (Å²) in [5.74, 6) is 0.934. The Balaban J connectivity index is 1.49. The van der Waals surface area contributed by atoms with Gasteiger partial charge in [-0.1, -0.05) is 44.0 Å². The molecule has 2 aliphatic rings. The minimum Gasteiger partial charge on any atom is -0.354 e. The third kappa shape index (κ3) is 7.31. The fraction of sp³-hybridized carbons (Fsp3) is 0.708. The van der Waals surface area contributed by atoms with E-state index in [1.807, 2.05) is 7.05 Å². The van der Waals surface area contributed by atoms with E-state index >= 15 is 0 Å². The van der Waals surface area contributed by atoms with Crippen LogP contribution in [0.5, 0.6) is 0 Å². The lowest BCUT2D eigenvalue weighted by Gasteiger charge is -2.32. The smallest absolute Gasteiger partial charge is 0.191 e. The van der Waals surface area contributed by atoms with Gasteiger partial charge < -0.3 is 15.5 Å². The van der Waals surface area contributed by atoms with E-state index in [-0.39, 0.29) is 0 Å². The first-order valence-corrected chi connectivity index (χ1v) is 11.8. The topological polar surface area (TPSA) is 42.9 Å². The van der Waals surface area contributed by atoms with Gasteiger partial charge in [0.1, 0.15) is 0 Å². The van der Waals surface area contributed by atoms with E-state index in [4.69, 9.17) is 0 Å². The highest BCUT2D eigenvalue weighted by atomic mass is 15.2. The normalized spacial score (nSPS) is 20.4. The molecule has 1 aromatic carbocycles. The van der Waals surface area contributed by atoms with Crippen molar-refractivity contribution in [3.63, 3.8) is 0 Å². The minimum atomic E-state index is 0.529. The molecule has 0 amide bonds. The molecule has 2 heterocycles. The van der Waals surface area contributed by atoms with Gasteiger partial charge in [0.2, 0.25) is 0 Å². The average Bonchev–Trinajstić information content (AvgIpc) is 3.02. The highest BCUT2D eigenvalue weighted by molar-refractivity contribution is 5.80. The van der Waals surface area contributed by atoms with Crippen LogP contribution in [0.1, 0.15) is 63.0 Å². The Morgan fingerprint density at radius 2 is 1.66 bits per heavy atom. The Morgan fingerprint density at radius 1 is 0.966 bits per heavy atom. The van der Waals surface area contributed by atoms with Crippen LogP contribution in [-0.4, -0.2) is 61.6 Å². The molecular weight excluding hydrogens is 358 g/mol. The molecule has 1 aromatic rings. The standard InChI is InChI=1S/C24H41N5/c1-3-14-28-17-12-23(13-18-28)27-24(25-2)26-19-21-10-6-7-11-22(21)20-29-15-8-4-5-9-16-29/h6-7,10-11,23H,3-5,8-9,12-20H2,1-2H3,(H2,25,26,27). The number of guanidine groups is 1. The fourth-order valence-corrected chi connectivity index (χ4v) is 4.60. The summed E-state index contributed by atoms with van der Waals surface area (Å²) < 4.78 is 0. The lowest BCUT2D eigenvalue weighted by atomic mass is 10.0. The van der Waals surface area contributed by atoms with Crippen molar-refractivity contribution in [2.75, 3.05) is 39.8 Å². The van der Waals surface area contributed by atoms with Crippen LogP contribution in [0.15, 0.2) is 29.3 Å². The lowest BCUT2D eigenvalue weighted by molar-refractivity contribution is 0.206. The van der Waals surface area contributed by atoms with Gasteiger partial charge in [-0.3, -0.25) is 9.89 Å². The lowest BCUT2D eigenvalue weighted by Crippen LogP contribution is -2.48. The Morgan fingerprint density at radius 3 is 2.31 bits per heavy atom. The highest BCUT2D eigenvalue weighted by Gasteiger charge is 2.19. The van der Waals surface area contributed by atoms with Gasteiger partial charge in [0.25, 0.3) is 0 Å². The number of likely N-dealkylation sites (tertiary alicyclic amines) is 2. The molecule has 0 spiro atoms. The third-order valence-corrected chi connectivity index (χ3v) is 6.35. The molecule has 5 heteroatoms. The van der Waals surface area contributed by atoms with Gasteiger partial charge in [-0.05, 0) is 62.9 Å². The number of rotatable bonds is 7. The first kappa shape index (κ1) is 22.1. The molecule has 0 unspecified atom stereocenters. The molecule has 2 N–H and O–H groups in total. The predicted molar refractivity (Wildman–Crippen MR) is 123 cm³/mol. The van der Waals surface area contributed by atoms with Crippen LogP contribution in [0.4, 0.5) is 0 Å². The summed E-state index contributed by atoms with van der Waals surface area (Å²) in [5.41, 5.74) is 2.84. The number of nitrogens with one attached hydrogen (secondary N) is 2. The summed E-state index contributed by atoms with van der Waals surface area (Å²) in [6, 6.07) is 9.41. The second-order valence-corrected chi connectivity index (χ2v) is 8.65. The Kier molecular flexibility index (Phi) is 9.29. The van der Waals surface area contributed by atoms with E-state index < -0.39 is 0 Å². The molecule has 5 nitrogen and oxygen atoms in total. The van der Waals surface area contributed by atoms with Crippen molar-refractivity contribution in [3.05, 3.63) is 35.4 Å². The van der Waals surface area contributed by atoms with E-state index in [0.29, 0.717) is 6.04 Å². The highest BCUT2D eigenvalue weighted by Crippen LogP contribution is 2.16. The molecule has 0 atom stereocenters. The van der Waals surface area contributed by atoms with Crippen LogP contribution >= 0.6 is 0 Å². The van der Waals surface area contributed by atoms with Crippen molar-refractivity contribution in [3.8, 4) is 0 Å². The molecule has 0 radical (unpaired) electrons. The first-order valence-electron chi connectivity index (χ1n) is 11.8. The van der Waals surface area contributed by atoms with Crippen molar-refractivity contribution >= 4 is 5.96 Å². The molecule has 0 saturated carbocycles. The van der Waals surface area contributed by atoms with E-state index in [2.05, 4.69) is 56.6 Å². The average molecular weight is 400 g/mol. The summed E-state index contributed by atoms with van der Waals surface area (Å²) in [7, 11) is 1.88. The molecule has 29 heavy (non-hydrogen) atoms. The summed E-state index contributed by atoms with van der Waals surface area (Å²) in [4.78, 5) is 9.69. The molecular formula is C24H41N5. The van der Waals surface area contributed by atoms with Gasteiger partial charge in [-0.25, -0.2) is 0 Å². The number of hydrogen-bond acceptors (Lipinski definition) is 3. The van der Waals surface area contributed by atoms with Gasteiger partial charge >= 0.3 is 0 Å². The number of aliphatic imine (C=N–C) groups is 1. The van der Waals surface area contributed by atoms with E-state index in [1.165, 1.54) is 88.8 Å². The maximum absolute atomic E-state index is 4.48. The number of hydrogen-bond donors (Lipinski definition) is 2. The van der Waals surface area contributed by atoms with Crippen LogP contribution in [0.2, 0.25) is 0 Å².